The Morgan fingerprint density at radius 3 is 1.00 bits per heavy atom. The summed E-state index contributed by atoms with van der Waals surface area (Å²) < 4.78 is 21.7. The molecule has 5 nitrogen and oxygen atoms in total. The fraction of sp³-hybridized carbons (Fsp3) is 0.176. The van der Waals surface area contributed by atoms with Crippen LogP contribution in [0, 0.1) is 27.7 Å². The molecular weight excluding hydrogens is 893 g/mol. The molecule has 0 fully saturated rings. The predicted molar refractivity (Wildman–Crippen MR) is 309 cm³/mol. The average molecular weight is 951 g/mol. The molecule has 0 N–H and O–H groups in total. The van der Waals surface area contributed by atoms with Gasteiger partial charge in [0.1, 0.15) is 22.3 Å². The van der Waals surface area contributed by atoms with Gasteiger partial charge >= 0.3 is 0 Å². The van der Waals surface area contributed by atoms with Gasteiger partial charge in [0, 0.05) is 76.4 Å². The molecule has 0 radical (unpaired) electrons. The Morgan fingerprint density at radius 2 is 0.603 bits per heavy atom. The van der Waals surface area contributed by atoms with E-state index in [1.807, 2.05) is 0 Å². The molecular formula is C68H58N2O3. The van der Waals surface area contributed by atoms with Gasteiger partial charge in [0.25, 0.3) is 0 Å². The van der Waals surface area contributed by atoms with E-state index >= 15 is 0 Å². The molecule has 0 aliphatic carbocycles. The molecule has 0 aliphatic rings. The lowest BCUT2D eigenvalue weighted by molar-refractivity contribution is 0.572. The van der Waals surface area contributed by atoms with Crippen LogP contribution in [0.2, 0.25) is 0 Å². The quantitative estimate of drug-likeness (QED) is 0.166. The minimum atomic E-state index is -0.116. The van der Waals surface area contributed by atoms with E-state index in [0.717, 1.165) is 133 Å². The third-order valence-corrected chi connectivity index (χ3v) is 15.2. The van der Waals surface area contributed by atoms with Gasteiger partial charge in [-0.15, -0.1) is 0 Å². The van der Waals surface area contributed by atoms with Gasteiger partial charge in [0.2, 0.25) is 0 Å². The molecule has 0 amide bonds. The lowest BCUT2D eigenvalue weighted by atomic mass is 9.86. The van der Waals surface area contributed by atoms with Crippen LogP contribution in [0.5, 0.6) is 0 Å². The molecule has 0 saturated heterocycles. The summed E-state index contributed by atoms with van der Waals surface area (Å²) in [4.78, 5) is 4.87. The smallest absolute Gasteiger partial charge is 0.159 e. The third-order valence-electron chi connectivity index (χ3n) is 15.2. The van der Waals surface area contributed by atoms with E-state index in [9.17, 15) is 0 Å². The molecule has 0 saturated carbocycles. The first-order valence-corrected chi connectivity index (χ1v) is 25.6. The van der Waals surface area contributed by atoms with Crippen molar-refractivity contribution >= 4 is 121 Å². The monoisotopic (exact) mass is 950 g/mol. The van der Waals surface area contributed by atoms with E-state index in [1.54, 1.807) is 0 Å². The first kappa shape index (κ1) is 44.6. The minimum Gasteiger partial charge on any atom is -0.455 e. The van der Waals surface area contributed by atoms with Gasteiger partial charge in [-0.2, -0.15) is 0 Å². The van der Waals surface area contributed by atoms with Gasteiger partial charge in [0.15, 0.2) is 11.2 Å². The summed E-state index contributed by atoms with van der Waals surface area (Å²) in [6.07, 6.45) is 0. The number of para-hydroxylation sites is 4. The van der Waals surface area contributed by atoms with Gasteiger partial charge in [-0.1, -0.05) is 175 Å². The lowest BCUT2D eigenvalue weighted by Gasteiger charge is -2.29. The molecule has 13 aromatic rings. The van der Waals surface area contributed by atoms with Crippen molar-refractivity contribution < 1.29 is 13.3 Å². The van der Waals surface area contributed by atoms with Crippen LogP contribution in [0.25, 0.3) is 87.4 Å². The van der Waals surface area contributed by atoms with E-state index < -0.39 is 0 Å². The van der Waals surface area contributed by atoms with Crippen molar-refractivity contribution in [2.45, 2.75) is 80.1 Å². The lowest BCUT2D eigenvalue weighted by Crippen LogP contribution is -2.13. The second kappa shape index (κ2) is 16.1. The number of rotatable bonds is 6. The maximum Gasteiger partial charge on any atom is 0.159 e. The summed E-state index contributed by atoms with van der Waals surface area (Å²) in [5, 5.41) is 10.7. The highest BCUT2D eigenvalue weighted by atomic mass is 16.3. The van der Waals surface area contributed by atoms with Crippen LogP contribution in [-0.2, 0) is 10.8 Å². The fourth-order valence-corrected chi connectivity index (χ4v) is 11.6. The van der Waals surface area contributed by atoms with Crippen molar-refractivity contribution in [3.05, 3.63) is 203 Å². The van der Waals surface area contributed by atoms with E-state index in [0.29, 0.717) is 0 Å². The second-order valence-corrected chi connectivity index (χ2v) is 22.4. The SMILES string of the molecule is Cc1ccc(C)c(N(c2cc3c4cc(N(c5cc(C)ccc5C)c5cccc6c5oc5c(C(C)(C)C)cccc56)c5ccccc5c4oc3c3ccccc23)c2cccc3c2oc2c(C(C)(C)C)cccc23)c1. The van der Waals surface area contributed by atoms with Crippen molar-refractivity contribution in [3.63, 3.8) is 0 Å². The summed E-state index contributed by atoms with van der Waals surface area (Å²) in [5.41, 5.74) is 18.2. The number of nitrogens with zero attached hydrogens (tertiary/aromatic N) is 2. The van der Waals surface area contributed by atoms with Crippen molar-refractivity contribution in [1.29, 1.82) is 0 Å². The van der Waals surface area contributed by atoms with Crippen LogP contribution in [0.15, 0.2) is 183 Å². The van der Waals surface area contributed by atoms with Crippen LogP contribution in [0.4, 0.5) is 34.1 Å². The molecule has 0 spiro atoms. The topological polar surface area (TPSA) is 45.9 Å². The standard InChI is InChI=1S/C68H58N2O3/c1-39-31-33-41(3)57(35-39)69(55-29-17-25-49-47-23-15-27-53(67(5,6)7)63(47)72-65(49)55)59-37-51-52-38-60(44-20-12-14-22-46(44)62(52)71-61(51)45-21-13-11-19-43(45)59)70(58-36-40(2)32-34-42(58)4)56-30-18-26-50-48-24-16-28-54(68(8,9)10)64(48)73-66(50)56/h11-38H,1-10H3. The highest BCUT2D eigenvalue weighted by molar-refractivity contribution is 6.26. The Morgan fingerprint density at radius 1 is 0.274 bits per heavy atom. The molecule has 13 rings (SSSR count). The zero-order chi connectivity index (χ0) is 50.2. The maximum absolute atomic E-state index is 7.29. The summed E-state index contributed by atoms with van der Waals surface area (Å²) >= 11 is 0. The Hall–Kier alpha value is -8.28. The molecule has 0 bridgehead atoms. The molecule has 3 heterocycles. The Balaban J connectivity index is 1.14. The molecule has 0 atom stereocenters. The molecule has 73 heavy (non-hydrogen) atoms. The van der Waals surface area contributed by atoms with E-state index in [4.69, 9.17) is 13.3 Å². The number of aryl methyl sites for hydroxylation is 4. The van der Waals surface area contributed by atoms with Crippen molar-refractivity contribution in [2.75, 3.05) is 9.80 Å². The van der Waals surface area contributed by atoms with Crippen molar-refractivity contribution in [2.24, 2.45) is 0 Å². The first-order chi connectivity index (χ1) is 35.1. The summed E-state index contributed by atoms with van der Waals surface area (Å²) in [5.74, 6) is 0. The van der Waals surface area contributed by atoms with Crippen molar-refractivity contribution in [1.82, 2.24) is 0 Å². The minimum absolute atomic E-state index is 0.116. The Labute approximate surface area is 425 Å². The zero-order valence-corrected chi connectivity index (χ0v) is 43.3. The van der Waals surface area contributed by atoms with E-state index in [2.05, 4.69) is 249 Å². The average Bonchev–Trinajstić information content (AvgIpc) is 4.09. The molecule has 10 aromatic carbocycles. The molecule has 0 unspecified atom stereocenters. The fourth-order valence-electron chi connectivity index (χ4n) is 11.6. The molecule has 358 valence electrons. The molecule has 3 aromatic heterocycles. The van der Waals surface area contributed by atoms with Gasteiger partial charge < -0.3 is 23.1 Å². The van der Waals surface area contributed by atoms with Crippen molar-refractivity contribution in [3.8, 4) is 0 Å². The number of hydrogen-bond donors (Lipinski definition) is 0. The van der Waals surface area contributed by atoms with Crippen LogP contribution in [0.3, 0.4) is 0 Å². The van der Waals surface area contributed by atoms with E-state index in [-0.39, 0.29) is 10.8 Å². The van der Waals surface area contributed by atoms with E-state index in [1.165, 1.54) is 22.3 Å². The van der Waals surface area contributed by atoms with Gasteiger partial charge in [-0.3, -0.25) is 0 Å². The first-order valence-electron chi connectivity index (χ1n) is 25.6. The highest BCUT2D eigenvalue weighted by Crippen LogP contribution is 2.53. The zero-order valence-electron chi connectivity index (χ0n) is 43.3. The summed E-state index contributed by atoms with van der Waals surface area (Å²) in [6.45, 7) is 22.3. The number of furan rings is 3. The third kappa shape index (κ3) is 6.89. The Kier molecular flexibility index (Phi) is 9.86. The van der Waals surface area contributed by atoms with Crippen LogP contribution < -0.4 is 9.80 Å². The molecule has 0 aliphatic heterocycles. The van der Waals surface area contributed by atoms with Crippen LogP contribution in [0.1, 0.15) is 74.9 Å². The Bertz CT molecular complexity index is 4130. The number of benzene rings is 10. The largest absolute Gasteiger partial charge is 0.455 e. The summed E-state index contributed by atoms with van der Waals surface area (Å²) in [6, 6.07) is 61.9. The normalized spacial score (nSPS) is 12.5. The number of anilines is 6. The van der Waals surface area contributed by atoms with Gasteiger partial charge in [-0.05, 0) is 97.2 Å². The molecule has 5 heteroatoms. The maximum atomic E-state index is 7.29. The number of hydrogen-bond acceptors (Lipinski definition) is 5. The highest BCUT2D eigenvalue weighted by Gasteiger charge is 2.30. The predicted octanol–water partition coefficient (Wildman–Crippen LogP) is 20.5. The summed E-state index contributed by atoms with van der Waals surface area (Å²) in [7, 11) is 0. The number of fused-ring (bicyclic) bond motifs is 13. The van der Waals surface area contributed by atoms with Crippen LogP contribution >= 0.6 is 0 Å². The van der Waals surface area contributed by atoms with Crippen LogP contribution in [-0.4, -0.2) is 0 Å². The second-order valence-electron chi connectivity index (χ2n) is 22.4. The van der Waals surface area contributed by atoms with Gasteiger partial charge in [-0.25, -0.2) is 0 Å². The van der Waals surface area contributed by atoms with Gasteiger partial charge in [0.05, 0.1) is 22.7 Å².